The van der Waals surface area contributed by atoms with Crippen molar-refractivity contribution in [3.05, 3.63) is 28.0 Å². The van der Waals surface area contributed by atoms with Crippen molar-refractivity contribution in [2.75, 3.05) is 7.11 Å². The topological polar surface area (TPSA) is 130 Å². The first-order valence-corrected chi connectivity index (χ1v) is 8.26. The minimum absolute atomic E-state index is 0.0106. The smallest absolute Gasteiger partial charge is 0.234 e. The van der Waals surface area contributed by atoms with Crippen LogP contribution in [0.3, 0.4) is 0 Å². The van der Waals surface area contributed by atoms with Gasteiger partial charge in [-0.05, 0) is 27.7 Å². The van der Waals surface area contributed by atoms with Gasteiger partial charge in [0.1, 0.15) is 34.0 Å². The Morgan fingerprint density at radius 1 is 1.11 bits per heavy atom. The van der Waals surface area contributed by atoms with E-state index in [1.165, 1.54) is 27.9 Å². The van der Waals surface area contributed by atoms with Crippen LogP contribution in [-0.2, 0) is 19.7 Å². The molecule has 0 fully saturated rings. The molecule has 0 spiro atoms. The minimum Gasteiger partial charge on any atom is -0.510 e. The van der Waals surface area contributed by atoms with E-state index < -0.39 is 57.8 Å². The van der Waals surface area contributed by atoms with Crippen molar-refractivity contribution in [3.63, 3.8) is 0 Å². The number of fused-ring (bicyclic) bond motifs is 3. The van der Waals surface area contributed by atoms with Crippen LogP contribution in [0.2, 0.25) is 0 Å². The number of phenols is 2. The number of carbonyl (C=O) groups excluding carboxylic acids is 3. The molecular formula is C19H20O8. The van der Waals surface area contributed by atoms with Gasteiger partial charge in [0.15, 0.2) is 17.3 Å². The number of methoxy groups -OCH3 is 1. The van der Waals surface area contributed by atoms with E-state index in [-0.39, 0.29) is 22.4 Å². The van der Waals surface area contributed by atoms with Gasteiger partial charge in [-0.1, -0.05) is 0 Å². The molecule has 144 valence electrons. The fourth-order valence-electron chi connectivity index (χ4n) is 4.08. The van der Waals surface area contributed by atoms with Crippen LogP contribution < -0.4 is 4.74 Å². The van der Waals surface area contributed by atoms with Gasteiger partial charge in [0.25, 0.3) is 0 Å². The monoisotopic (exact) mass is 376 g/mol. The Kier molecular flexibility index (Phi) is 3.89. The molecule has 0 saturated heterocycles. The summed E-state index contributed by atoms with van der Waals surface area (Å²) in [6, 6.07) is 0. The summed E-state index contributed by atoms with van der Waals surface area (Å²) in [5.74, 6) is -5.33. The maximum atomic E-state index is 12.5. The zero-order valence-corrected chi connectivity index (χ0v) is 15.6. The second-order valence-electron chi connectivity index (χ2n) is 7.02. The predicted molar refractivity (Wildman–Crippen MR) is 92.2 cm³/mol. The zero-order chi connectivity index (χ0) is 20.5. The molecule has 8 nitrogen and oxygen atoms in total. The predicted octanol–water partition coefficient (Wildman–Crippen LogP) is 1.98. The molecule has 2 atom stereocenters. The van der Waals surface area contributed by atoms with Crippen LogP contribution in [0.15, 0.2) is 11.3 Å². The molecule has 0 saturated carbocycles. The molecule has 2 aliphatic rings. The van der Waals surface area contributed by atoms with Gasteiger partial charge < -0.3 is 24.8 Å². The van der Waals surface area contributed by atoms with Crippen molar-refractivity contribution >= 4 is 17.3 Å². The van der Waals surface area contributed by atoms with E-state index in [1.807, 2.05) is 0 Å². The van der Waals surface area contributed by atoms with Crippen LogP contribution in [0.5, 0.6) is 17.2 Å². The Morgan fingerprint density at radius 2 is 1.70 bits per heavy atom. The lowest BCUT2D eigenvalue weighted by molar-refractivity contribution is -0.199. The number of Topliss-reactive ketones (excluding diaryl/α,β-unsaturated/α-hetero) is 3. The second kappa shape index (κ2) is 5.56. The number of phenolic OH excluding ortho intramolecular Hbond substituents is 2. The van der Waals surface area contributed by atoms with E-state index in [1.54, 1.807) is 0 Å². The summed E-state index contributed by atoms with van der Waals surface area (Å²) >= 11 is 0. The number of rotatable bonds is 3. The Bertz CT molecular complexity index is 957. The number of ketones is 3. The highest BCUT2D eigenvalue weighted by Crippen LogP contribution is 2.62. The number of aliphatic hydroxyl groups is 1. The van der Waals surface area contributed by atoms with E-state index in [4.69, 9.17) is 9.47 Å². The second-order valence-corrected chi connectivity index (χ2v) is 7.02. The van der Waals surface area contributed by atoms with Gasteiger partial charge in [-0.3, -0.25) is 14.4 Å². The highest BCUT2D eigenvalue weighted by Gasteiger charge is 2.67. The largest absolute Gasteiger partial charge is 0.510 e. The molecule has 1 aliphatic heterocycles. The van der Waals surface area contributed by atoms with Crippen molar-refractivity contribution in [2.24, 2.45) is 0 Å². The number of aromatic hydroxyl groups is 2. The third-order valence-electron chi connectivity index (χ3n) is 5.58. The number of ether oxygens (including phenoxy) is 2. The molecule has 1 aliphatic carbocycles. The van der Waals surface area contributed by atoms with Crippen molar-refractivity contribution in [1.82, 2.24) is 0 Å². The summed E-state index contributed by atoms with van der Waals surface area (Å²) in [6.45, 7) is 5.24. The van der Waals surface area contributed by atoms with E-state index in [0.29, 0.717) is 0 Å². The van der Waals surface area contributed by atoms with Crippen LogP contribution >= 0.6 is 0 Å². The zero-order valence-electron chi connectivity index (χ0n) is 15.6. The molecule has 1 aromatic rings. The number of aliphatic hydroxyl groups excluding tert-OH is 1. The molecule has 0 amide bonds. The summed E-state index contributed by atoms with van der Waals surface area (Å²) in [5, 5.41) is 32.1. The normalized spacial score (nSPS) is 26.5. The molecule has 8 heteroatoms. The minimum atomic E-state index is -1.75. The summed E-state index contributed by atoms with van der Waals surface area (Å²) in [5.41, 5.74) is -2.27. The maximum Gasteiger partial charge on any atom is 0.234 e. The SMILES string of the molecule is COC12CC(=O)C(C(C)=O)=C(O)C1(C)c1c(O)c(C(C)=O)c(O)c(C)c1O2. The third-order valence-corrected chi connectivity index (χ3v) is 5.58. The molecule has 0 radical (unpaired) electrons. The highest BCUT2D eigenvalue weighted by molar-refractivity contribution is 6.21. The van der Waals surface area contributed by atoms with Crippen LogP contribution in [-0.4, -0.2) is 45.6 Å². The van der Waals surface area contributed by atoms with Gasteiger partial charge in [0.2, 0.25) is 5.79 Å². The average Bonchev–Trinajstić information content (AvgIpc) is 2.83. The van der Waals surface area contributed by atoms with Crippen molar-refractivity contribution in [1.29, 1.82) is 0 Å². The van der Waals surface area contributed by atoms with Crippen LogP contribution in [0.4, 0.5) is 0 Å². The molecular weight excluding hydrogens is 356 g/mol. The summed E-state index contributed by atoms with van der Waals surface area (Å²) in [4.78, 5) is 36.4. The number of benzene rings is 1. The van der Waals surface area contributed by atoms with Gasteiger partial charge in [-0.2, -0.15) is 0 Å². The summed E-state index contributed by atoms with van der Waals surface area (Å²) < 4.78 is 11.3. The standard InChI is InChI=1S/C19H20O8/c1-7-14(23)12(9(3)21)15(24)13-16(7)27-19(26-5)6-10(22)11(8(2)20)17(25)18(13,19)4/h23-25H,6H2,1-5H3. The van der Waals surface area contributed by atoms with Crippen molar-refractivity contribution in [3.8, 4) is 17.2 Å². The number of hydrogen-bond donors (Lipinski definition) is 3. The molecule has 0 aromatic heterocycles. The van der Waals surface area contributed by atoms with Gasteiger partial charge in [-0.25, -0.2) is 0 Å². The van der Waals surface area contributed by atoms with E-state index >= 15 is 0 Å². The molecule has 1 heterocycles. The molecule has 27 heavy (non-hydrogen) atoms. The summed E-state index contributed by atoms with van der Waals surface area (Å²) in [6.07, 6.45) is -0.400. The molecule has 0 bridgehead atoms. The number of hydrogen-bond acceptors (Lipinski definition) is 8. The first kappa shape index (κ1) is 18.9. The Balaban J connectivity index is 2.51. The van der Waals surface area contributed by atoms with Crippen LogP contribution in [0.1, 0.15) is 48.7 Å². The first-order valence-electron chi connectivity index (χ1n) is 8.26. The van der Waals surface area contributed by atoms with Crippen molar-refractivity contribution < 1.29 is 39.2 Å². The fourth-order valence-corrected chi connectivity index (χ4v) is 4.08. The molecule has 3 rings (SSSR count). The molecule has 2 unspecified atom stereocenters. The Labute approximate surface area is 155 Å². The van der Waals surface area contributed by atoms with Gasteiger partial charge in [-0.15, -0.1) is 0 Å². The quantitative estimate of drug-likeness (QED) is 0.539. The fraction of sp³-hybridized carbons (Fsp3) is 0.421. The Morgan fingerprint density at radius 3 is 2.19 bits per heavy atom. The molecule has 3 N–H and O–H groups in total. The van der Waals surface area contributed by atoms with Crippen LogP contribution in [0.25, 0.3) is 0 Å². The lowest BCUT2D eigenvalue weighted by Crippen LogP contribution is -2.57. The maximum absolute atomic E-state index is 12.5. The number of allylic oxidation sites excluding steroid dienone is 1. The van der Waals surface area contributed by atoms with E-state index in [2.05, 4.69) is 0 Å². The lowest BCUT2D eigenvalue weighted by atomic mass is 9.66. The lowest BCUT2D eigenvalue weighted by Gasteiger charge is -2.43. The van der Waals surface area contributed by atoms with Crippen molar-refractivity contribution in [2.45, 2.75) is 45.3 Å². The summed E-state index contributed by atoms with van der Waals surface area (Å²) in [7, 11) is 1.27. The Hall–Kier alpha value is -2.87. The molecule has 1 aromatic carbocycles. The van der Waals surface area contributed by atoms with E-state index in [9.17, 15) is 29.7 Å². The van der Waals surface area contributed by atoms with Gasteiger partial charge in [0, 0.05) is 12.7 Å². The van der Waals surface area contributed by atoms with E-state index in [0.717, 1.165) is 6.92 Å². The average molecular weight is 376 g/mol. The number of carbonyl (C=O) groups is 3. The first-order chi connectivity index (χ1) is 12.4. The van der Waals surface area contributed by atoms with Gasteiger partial charge >= 0.3 is 0 Å². The van der Waals surface area contributed by atoms with Crippen LogP contribution in [0, 0.1) is 6.92 Å². The highest BCUT2D eigenvalue weighted by atomic mass is 16.7. The third kappa shape index (κ3) is 2.04. The van der Waals surface area contributed by atoms with Gasteiger partial charge in [0.05, 0.1) is 17.6 Å².